The van der Waals surface area contributed by atoms with E-state index in [1.54, 1.807) is 30.3 Å². The molecule has 0 unspecified atom stereocenters. The van der Waals surface area contributed by atoms with E-state index in [-0.39, 0.29) is 24.2 Å². The summed E-state index contributed by atoms with van der Waals surface area (Å²) >= 11 is 0. The Hall–Kier alpha value is -2.89. The van der Waals surface area contributed by atoms with Crippen LogP contribution in [0.4, 0.5) is 4.39 Å². The Morgan fingerprint density at radius 3 is 2.54 bits per heavy atom. The summed E-state index contributed by atoms with van der Waals surface area (Å²) in [6.07, 6.45) is 0.430. The van der Waals surface area contributed by atoms with Crippen LogP contribution in [0.1, 0.15) is 15.9 Å². The normalized spacial score (nSPS) is 10.1. The van der Waals surface area contributed by atoms with Gasteiger partial charge in [0, 0.05) is 12.1 Å². The second kappa shape index (κ2) is 8.67. The molecule has 0 aliphatic carbocycles. The number of halogens is 1. The van der Waals surface area contributed by atoms with Crippen molar-refractivity contribution in [1.82, 2.24) is 10.6 Å². The van der Waals surface area contributed by atoms with Gasteiger partial charge in [0.05, 0.1) is 13.7 Å². The molecular weight excluding hydrogens is 311 g/mol. The minimum atomic E-state index is -0.354. The third-order valence-electron chi connectivity index (χ3n) is 3.40. The fourth-order valence-corrected chi connectivity index (χ4v) is 2.19. The van der Waals surface area contributed by atoms with E-state index in [0.29, 0.717) is 29.8 Å². The lowest BCUT2D eigenvalue weighted by atomic mass is 10.1. The van der Waals surface area contributed by atoms with E-state index in [9.17, 15) is 14.0 Å². The minimum absolute atomic E-state index is 0.117. The topological polar surface area (TPSA) is 67.4 Å². The van der Waals surface area contributed by atoms with Gasteiger partial charge < -0.3 is 15.4 Å². The molecular formula is C18H19FN2O3. The maximum Gasteiger partial charge on any atom is 0.251 e. The van der Waals surface area contributed by atoms with Gasteiger partial charge >= 0.3 is 0 Å². The Morgan fingerprint density at radius 2 is 1.83 bits per heavy atom. The molecule has 0 aromatic heterocycles. The number of benzene rings is 2. The zero-order valence-electron chi connectivity index (χ0n) is 13.3. The maximum atomic E-state index is 13.2. The van der Waals surface area contributed by atoms with Crippen LogP contribution in [0.25, 0.3) is 0 Å². The quantitative estimate of drug-likeness (QED) is 0.815. The first-order chi connectivity index (χ1) is 11.6. The van der Waals surface area contributed by atoms with Crippen molar-refractivity contribution in [3.63, 3.8) is 0 Å². The first-order valence-corrected chi connectivity index (χ1v) is 7.52. The Kier molecular flexibility index (Phi) is 6.31. The van der Waals surface area contributed by atoms with Crippen molar-refractivity contribution >= 4 is 11.8 Å². The summed E-state index contributed by atoms with van der Waals surface area (Å²) in [6.45, 7) is 0.202. The highest BCUT2D eigenvalue weighted by Gasteiger charge is 2.08. The van der Waals surface area contributed by atoms with Gasteiger partial charge in [0.25, 0.3) is 5.91 Å². The molecule has 0 aliphatic heterocycles. The van der Waals surface area contributed by atoms with Crippen LogP contribution < -0.4 is 15.4 Å². The summed E-state index contributed by atoms with van der Waals surface area (Å²) in [4.78, 5) is 23.6. The molecule has 0 atom stereocenters. The van der Waals surface area contributed by atoms with Gasteiger partial charge in [0.15, 0.2) is 0 Å². The van der Waals surface area contributed by atoms with Gasteiger partial charge in [-0.3, -0.25) is 9.59 Å². The number of methoxy groups -OCH3 is 1. The van der Waals surface area contributed by atoms with Crippen molar-refractivity contribution in [2.75, 3.05) is 20.2 Å². The average molecular weight is 330 g/mol. The second-order valence-electron chi connectivity index (χ2n) is 5.10. The number of carbonyl (C=O) groups is 2. The summed E-state index contributed by atoms with van der Waals surface area (Å²) in [6, 6.07) is 12.9. The van der Waals surface area contributed by atoms with Crippen LogP contribution in [0, 0.1) is 5.82 Å². The molecule has 5 nitrogen and oxygen atoms in total. The summed E-state index contributed by atoms with van der Waals surface area (Å²) in [5.74, 6) is -0.400. The standard InChI is InChI=1S/C18H19FN2O3/c1-24-16-8-7-15(19)11-14(16)9-10-20-17(22)12-21-18(23)13-5-3-2-4-6-13/h2-8,11H,9-10,12H2,1H3,(H,20,22)(H,21,23). The highest BCUT2D eigenvalue weighted by Crippen LogP contribution is 2.19. The fourth-order valence-electron chi connectivity index (χ4n) is 2.19. The number of nitrogens with one attached hydrogen (secondary N) is 2. The first-order valence-electron chi connectivity index (χ1n) is 7.52. The first kappa shape index (κ1) is 17.5. The third-order valence-corrected chi connectivity index (χ3v) is 3.40. The zero-order valence-corrected chi connectivity index (χ0v) is 13.3. The predicted molar refractivity (Wildman–Crippen MR) is 88.4 cm³/mol. The van der Waals surface area contributed by atoms with E-state index in [0.717, 1.165) is 0 Å². The van der Waals surface area contributed by atoms with Gasteiger partial charge in [-0.25, -0.2) is 4.39 Å². The van der Waals surface area contributed by atoms with Gasteiger partial charge in [-0.2, -0.15) is 0 Å². The highest BCUT2D eigenvalue weighted by atomic mass is 19.1. The number of rotatable bonds is 7. The third kappa shape index (κ3) is 5.08. The Bertz CT molecular complexity index is 705. The molecule has 24 heavy (non-hydrogen) atoms. The summed E-state index contributed by atoms with van der Waals surface area (Å²) in [5.41, 5.74) is 1.17. The van der Waals surface area contributed by atoms with Crippen LogP contribution in [-0.2, 0) is 11.2 Å². The number of amides is 2. The number of hydrogen-bond acceptors (Lipinski definition) is 3. The van der Waals surface area contributed by atoms with Crippen LogP contribution in [0.15, 0.2) is 48.5 Å². The van der Waals surface area contributed by atoms with E-state index in [1.165, 1.54) is 19.2 Å². The molecule has 2 aromatic carbocycles. The van der Waals surface area contributed by atoms with Gasteiger partial charge in [0.2, 0.25) is 5.91 Å². The summed E-state index contributed by atoms with van der Waals surface area (Å²) in [5, 5.41) is 5.22. The van der Waals surface area contributed by atoms with Gasteiger partial charge in [-0.1, -0.05) is 18.2 Å². The van der Waals surface area contributed by atoms with Crippen LogP contribution in [0.5, 0.6) is 5.75 Å². The van der Waals surface area contributed by atoms with Crippen molar-refractivity contribution in [3.8, 4) is 5.75 Å². The lowest BCUT2D eigenvalue weighted by molar-refractivity contribution is -0.120. The highest BCUT2D eigenvalue weighted by molar-refractivity contribution is 5.96. The summed E-state index contributed by atoms with van der Waals surface area (Å²) in [7, 11) is 1.51. The molecule has 0 spiro atoms. The summed E-state index contributed by atoms with van der Waals surface area (Å²) < 4.78 is 18.4. The van der Waals surface area contributed by atoms with Crippen molar-refractivity contribution in [3.05, 3.63) is 65.5 Å². The molecule has 2 amide bonds. The van der Waals surface area contributed by atoms with E-state index >= 15 is 0 Å². The monoisotopic (exact) mass is 330 g/mol. The van der Waals surface area contributed by atoms with Crippen molar-refractivity contribution in [1.29, 1.82) is 0 Å². The Labute approximate surface area is 139 Å². The molecule has 0 aliphatic rings. The second-order valence-corrected chi connectivity index (χ2v) is 5.10. The minimum Gasteiger partial charge on any atom is -0.496 e. The molecule has 2 N–H and O–H groups in total. The van der Waals surface area contributed by atoms with Crippen molar-refractivity contribution in [2.45, 2.75) is 6.42 Å². The predicted octanol–water partition coefficient (Wildman–Crippen LogP) is 1.92. The fraction of sp³-hybridized carbons (Fsp3) is 0.222. The molecule has 6 heteroatoms. The molecule has 0 fully saturated rings. The average Bonchev–Trinajstić information content (AvgIpc) is 2.60. The lowest BCUT2D eigenvalue weighted by Crippen LogP contribution is -2.37. The van der Waals surface area contributed by atoms with Gasteiger partial charge in [0.1, 0.15) is 11.6 Å². The Balaban J connectivity index is 1.76. The van der Waals surface area contributed by atoms with E-state index in [2.05, 4.69) is 10.6 Å². The number of carbonyl (C=O) groups excluding carboxylic acids is 2. The van der Waals surface area contributed by atoms with E-state index in [4.69, 9.17) is 4.74 Å². The smallest absolute Gasteiger partial charge is 0.251 e. The molecule has 2 aromatic rings. The maximum absolute atomic E-state index is 13.2. The molecule has 0 saturated heterocycles. The van der Waals surface area contributed by atoms with Crippen molar-refractivity contribution in [2.24, 2.45) is 0 Å². The van der Waals surface area contributed by atoms with Crippen LogP contribution in [-0.4, -0.2) is 32.0 Å². The lowest BCUT2D eigenvalue weighted by Gasteiger charge is -2.10. The zero-order chi connectivity index (χ0) is 17.4. The number of ether oxygens (including phenoxy) is 1. The molecule has 2 rings (SSSR count). The van der Waals surface area contributed by atoms with Crippen LogP contribution >= 0.6 is 0 Å². The Morgan fingerprint density at radius 1 is 1.08 bits per heavy atom. The van der Waals surface area contributed by atoms with Crippen molar-refractivity contribution < 1.29 is 18.7 Å². The van der Waals surface area contributed by atoms with E-state index in [1.807, 2.05) is 6.07 Å². The van der Waals surface area contributed by atoms with Crippen LogP contribution in [0.3, 0.4) is 0 Å². The molecule has 0 bridgehead atoms. The molecule has 0 heterocycles. The SMILES string of the molecule is COc1ccc(F)cc1CCNC(=O)CNC(=O)c1ccccc1. The van der Waals surface area contributed by atoms with E-state index < -0.39 is 0 Å². The largest absolute Gasteiger partial charge is 0.496 e. The van der Waals surface area contributed by atoms with Crippen LogP contribution in [0.2, 0.25) is 0 Å². The molecule has 0 radical (unpaired) electrons. The van der Waals surface area contributed by atoms with Gasteiger partial charge in [-0.05, 0) is 42.3 Å². The molecule has 126 valence electrons. The number of hydrogen-bond donors (Lipinski definition) is 2. The molecule has 0 saturated carbocycles. The van der Waals surface area contributed by atoms with Gasteiger partial charge in [-0.15, -0.1) is 0 Å².